The first kappa shape index (κ1) is 21.8. The van der Waals surface area contributed by atoms with Crippen LogP contribution >= 0.6 is 35.3 Å². The first-order valence-corrected chi connectivity index (χ1v) is 9.13. The van der Waals surface area contributed by atoms with Crippen molar-refractivity contribution in [3.8, 4) is 5.75 Å². The maximum absolute atomic E-state index is 5.38. The van der Waals surface area contributed by atoms with Crippen molar-refractivity contribution in [3.05, 3.63) is 51.7 Å². The first-order chi connectivity index (χ1) is 11.6. The van der Waals surface area contributed by atoms with Gasteiger partial charge in [-0.1, -0.05) is 25.1 Å². The predicted molar refractivity (Wildman–Crippen MR) is 119 cm³/mol. The number of guanidine groups is 1. The second-order valence-corrected chi connectivity index (χ2v) is 6.83. The number of aryl methyl sites for hydroxylation is 1. The van der Waals surface area contributed by atoms with E-state index in [1.54, 1.807) is 25.5 Å². The summed E-state index contributed by atoms with van der Waals surface area (Å²) in [7, 11) is 3.52. The van der Waals surface area contributed by atoms with Crippen LogP contribution < -0.4 is 15.4 Å². The van der Waals surface area contributed by atoms with Crippen LogP contribution in [-0.4, -0.2) is 33.2 Å². The molecule has 4 nitrogen and oxygen atoms in total. The van der Waals surface area contributed by atoms with Gasteiger partial charge in [-0.3, -0.25) is 4.99 Å². The minimum Gasteiger partial charge on any atom is -0.496 e. The number of halogens is 1. The van der Waals surface area contributed by atoms with Gasteiger partial charge >= 0.3 is 0 Å². The van der Waals surface area contributed by atoms with E-state index in [0.717, 1.165) is 36.8 Å². The third-order valence-corrected chi connectivity index (χ3v) is 5.11. The number of thiophene rings is 1. The summed E-state index contributed by atoms with van der Waals surface area (Å²) >= 11 is 1.80. The van der Waals surface area contributed by atoms with Gasteiger partial charge in [-0.05, 0) is 42.0 Å². The molecule has 138 valence electrons. The number of hydrogen-bond acceptors (Lipinski definition) is 3. The van der Waals surface area contributed by atoms with E-state index in [0.29, 0.717) is 5.92 Å². The van der Waals surface area contributed by atoms with Crippen molar-refractivity contribution in [2.24, 2.45) is 4.99 Å². The van der Waals surface area contributed by atoms with Crippen molar-refractivity contribution in [2.45, 2.75) is 26.2 Å². The molecule has 0 radical (unpaired) electrons. The summed E-state index contributed by atoms with van der Waals surface area (Å²) in [6.07, 6.45) is 0.928. The monoisotopic (exact) mass is 473 g/mol. The molecule has 1 aromatic carbocycles. The SMILES string of the molecule is CN=C(NCCc1ccc(C)c(OC)c1)NCC(C)c1cccs1.I. The van der Waals surface area contributed by atoms with Gasteiger partial charge in [0.2, 0.25) is 0 Å². The summed E-state index contributed by atoms with van der Waals surface area (Å²) < 4.78 is 5.38. The predicted octanol–water partition coefficient (Wildman–Crippen LogP) is 4.19. The van der Waals surface area contributed by atoms with Crippen molar-refractivity contribution in [2.75, 3.05) is 27.2 Å². The van der Waals surface area contributed by atoms with Crippen LogP contribution in [0.2, 0.25) is 0 Å². The highest BCUT2D eigenvalue weighted by Crippen LogP contribution is 2.20. The van der Waals surface area contributed by atoms with Crippen LogP contribution in [0.4, 0.5) is 0 Å². The molecule has 0 amide bonds. The van der Waals surface area contributed by atoms with Gasteiger partial charge in [0.25, 0.3) is 0 Å². The average molecular weight is 473 g/mol. The molecule has 0 aliphatic rings. The average Bonchev–Trinajstić information content (AvgIpc) is 3.13. The second kappa shape index (κ2) is 11.4. The summed E-state index contributed by atoms with van der Waals surface area (Å²) in [6, 6.07) is 10.6. The Morgan fingerprint density at radius 3 is 2.72 bits per heavy atom. The maximum Gasteiger partial charge on any atom is 0.191 e. The molecule has 25 heavy (non-hydrogen) atoms. The van der Waals surface area contributed by atoms with Crippen LogP contribution in [0.5, 0.6) is 5.75 Å². The molecule has 2 aromatic rings. The van der Waals surface area contributed by atoms with Crippen LogP contribution in [0.15, 0.2) is 40.7 Å². The lowest BCUT2D eigenvalue weighted by Gasteiger charge is -2.15. The number of methoxy groups -OCH3 is 1. The van der Waals surface area contributed by atoms with Crippen LogP contribution in [0, 0.1) is 6.92 Å². The van der Waals surface area contributed by atoms with Gasteiger partial charge in [0.15, 0.2) is 5.96 Å². The smallest absolute Gasteiger partial charge is 0.191 e. The number of aliphatic imine (C=N–C) groups is 1. The zero-order valence-corrected chi connectivity index (χ0v) is 18.5. The zero-order valence-electron chi connectivity index (χ0n) is 15.3. The second-order valence-electron chi connectivity index (χ2n) is 5.85. The quantitative estimate of drug-likeness (QED) is 0.360. The summed E-state index contributed by atoms with van der Waals surface area (Å²) in [6.45, 7) is 5.99. The maximum atomic E-state index is 5.38. The minimum atomic E-state index is 0. The molecule has 2 N–H and O–H groups in total. The standard InChI is InChI=1S/C19H27N3OS.HI/c1-14-7-8-16(12-17(14)23-4)9-10-21-19(20-3)22-13-15(2)18-6-5-11-24-18;/h5-8,11-12,15H,9-10,13H2,1-4H3,(H2,20,21,22);1H. The van der Waals surface area contributed by atoms with Crippen molar-refractivity contribution in [1.29, 1.82) is 0 Å². The largest absolute Gasteiger partial charge is 0.496 e. The fraction of sp³-hybridized carbons (Fsp3) is 0.421. The zero-order chi connectivity index (χ0) is 17.4. The lowest BCUT2D eigenvalue weighted by Crippen LogP contribution is -2.39. The Balaban J connectivity index is 0.00000312. The molecule has 0 saturated carbocycles. The molecular formula is C19H28IN3OS. The van der Waals surface area contributed by atoms with Gasteiger partial charge in [-0.25, -0.2) is 0 Å². The first-order valence-electron chi connectivity index (χ1n) is 8.25. The Morgan fingerprint density at radius 1 is 1.28 bits per heavy atom. The minimum absolute atomic E-state index is 0. The highest BCUT2D eigenvalue weighted by molar-refractivity contribution is 14.0. The fourth-order valence-corrected chi connectivity index (χ4v) is 3.27. The van der Waals surface area contributed by atoms with Gasteiger partial charge in [-0.15, -0.1) is 35.3 Å². The number of ether oxygens (including phenoxy) is 1. The Hall–Kier alpha value is -1.28. The molecule has 0 bridgehead atoms. The molecule has 0 saturated heterocycles. The summed E-state index contributed by atoms with van der Waals surface area (Å²) in [4.78, 5) is 5.69. The summed E-state index contributed by atoms with van der Waals surface area (Å²) in [5, 5.41) is 8.89. The van der Waals surface area contributed by atoms with Crippen molar-refractivity contribution >= 4 is 41.3 Å². The normalized spacial score (nSPS) is 12.2. The van der Waals surface area contributed by atoms with Crippen molar-refractivity contribution < 1.29 is 4.74 Å². The molecule has 0 fully saturated rings. The van der Waals surface area contributed by atoms with Crippen LogP contribution in [0.1, 0.15) is 28.8 Å². The van der Waals surface area contributed by atoms with E-state index < -0.39 is 0 Å². The van der Waals surface area contributed by atoms with Crippen molar-refractivity contribution in [3.63, 3.8) is 0 Å². The van der Waals surface area contributed by atoms with Gasteiger partial charge < -0.3 is 15.4 Å². The number of hydrogen-bond donors (Lipinski definition) is 2. The van der Waals surface area contributed by atoms with E-state index in [1.807, 2.05) is 0 Å². The topological polar surface area (TPSA) is 45.7 Å². The molecule has 1 heterocycles. The molecule has 2 rings (SSSR count). The van der Waals surface area contributed by atoms with Crippen molar-refractivity contribution in [1.82, 2.24) is 10.6 Å². The third-order valence-electron chi connectivity index (χ3n) is 4.01. The van der Waals surface area contributed by atoms with Crippen LogP contribution in [0.3, 0.4) is 0 Å². The molecule has 6 heteroatoms. The molecule has 0 aliphatic heterocycles. The van der Waals surface area contributed by atoms with Gasteiger partial charge in [0, 0.05) is 30.9 Å². The van der Waals surface area contributed by atoms with Crippen LogP contribution in [-0.2, 0) is 6.42 Å². The fourth-order valence-electron chi connectivity index (χ4n) is 2.49. The number of rotatable bonds is 7. The van der Waals surface area contributed by atoms with E-state index in [-0.39, 0.29) is 24.0 Å². The van der Waals surface area contributed by atoms with E-state index >= 15 is 0 Å². The van der Waals surface area contributed by atoms with Gasteiger partial charge in [-0.2, -0.15) is 0 Å². The highest BCUT2D eigenvalue weighted by atomic mass is 127. The Bertz CT molecular complexity index is 659. The Labute approximate surface area is 172 Å². The Morgan fingerprint density at radius 2 is 2.08 bits per heavy atom. The molecule has 0 spiro atoms. The summed E-state index contributed by atoms with van der Waals surface area (Å²) in [5.41, 5.74) is 2.42. The summed E-state index contributed by atoms with van der Waals surface area (Å²) in [5.74, 6) is 2.27. The lowest BCUT2D eigenvalue weighted by molar-refractivity contribution is 0.411. The third kappa shape index (κ3) is 6.86. The number of nitrogens with one attached hydrogen (secondary N) is 2. The van der Waals surface area contributed by atoms with E-state index in [9.17, 15) is 0 Å². The van der Waals surface area contributed by atoms with E-state index in [2.05, 4.69) is 65.2 Å². The lowest BCUT2D eigenvalue weighted by atomic mass is 10.1. The molecule has 1 atom stereocenters. The van der Waals surface area contributed by atoms with Gasteiger partial charge in [0.05, 0.1) is 7.11 Å². The van der Waals surface area contributed by atoms with E-state index in [1.165, 1.54) is 10.4 Å². The van der Waals surface area contributed by atoms with Gasteiger partial charge in [0.1, 0.15) is 5.75 Å². The molecule has 0 aliphatic carbocycles. The Kier molecular flexibility index (Phi) is 9.89. The highest BCUT2D eigenvalue weighted by Gasteiger charge is 2.07. The number of nitrogens with zero attached hydrogens (tertiary/aromatic N) is 1. The molecule has 1 unspecified atom stereocenters. The molecule has 1 aromatic heterocycles. The number of benzene rings is 1. The molecular weight excluding hydrogens is 445 g/mol. The van der Waals surface area contributed by atoms with Crippen LogP contribution in [0.25, 0.3) is 0 Å². The van der Waals surface area contributed by atoms with E-state index in [4.69, 9.17) is 4.74 Å².